The predicted molar refractivity (Wildman–Crippen MR) is 386 cm³/mol. The van der Waals surface area contributed by atoms with Crippen LogP contribution in [0, 0.1) is 11.8 Å². The summed E-state index contributed by atoms with van der Waals surface area (Å²) in [5, 5.41) is 65.2. The van der Waals surface area contributed by atoms with E-state index in [1.54, 1.807) is 44.3 Å². The van der Waals surface area contributed by atoms with Gasteiger partial charge in [-0.1, -0.05) is 45.9 Å². The van der Waals surface area contributed by atoms with Crippen LogP contribution >= 0.6 is 11.8 Å². The molecular weight excluding hydrogens is 1420 g/mol. The van der Waals surface area contributed by atoms with E-state index in [-0.39, 0.29) is 81.9 Å². The number of H-pyrrole nitrogens is 2. The van der Waals surface area contributed by atoms with Gasteiger partial charge in [0.15, 0.2) is 0 Å². The number of aliphatic carboxylic acids is 4. The minimum absolute atomic E-state index is 0.00893. The van der Waals surface area contributed by atoms with Crippen LogP contribution in [0.1, 0.15) is 94.8 Å². The van der Waals surface area contributed by atoms with Gasteiger partial charge in [-0.05, 0) is 92.3 Å². The minimum atomic E-state index is -1.60. The Morgan fingerprint density at radius 1 is 0.598 bits per heavy atom. The molecule has 107 heavy (non-hydrogen) atoms. The fourth-order valence-corrected chi connectivity index (χ4v) is 12.3. The zero-order valence-corrected chi connectivity index (χ0v) is 61.0. The highest BCUT2D eigenvalue weighted by atomic mass is 32.2. The zero-order valence-electron chi connectivity index (χ0n) is 60.2. The quantitative estimate of drug-likeness (QED) is 0.0205. The number of benzene rings is 2. The van der Waals surface area contributed by atoms with E-state index in [1.165, 1.54) is 65.3 Å². The molecule has 3 heterocycles. The van der Waals surface area contributed by atoms with E-state index in [1.807, 2.05) is 20.1 Å². The monoisotopic (exact) mass is 1520 g/mol. The number of thioether (sulfide) groups is 1. The van der Waals surface area contributed by atoms with Gasteiger partial charge in [-0.25, -0.2) is 4.98 Å². The number of hydrogen-bond acceptors (Lipinski definition) is 21. The highest BCUT2D eigenvalue weighted by molar-refractivity contribution is 7.98. The summed E-state index contributed by atoms with van der Waals surface area (Å²) >= 11 is 1.44. The van der Waals surface area contributed by atoms with E-state index >= 15 is 0 Å². The van der Waals surface area contributed by atoms with Gasteiger partial charge in [0.1, 0.15) is 42.3 Å². The van der Waals surface area contributed by atoms with Crippen molar-refractivity contribution in [2.24, 2.45) is 23.3 Å². The lowest BCUT2D eigenvalue weighted by atomic mass is 9.89. The van der Waals surface area contributed by atoms with E-state index in [2.05, 4.69) is 68.1 Å². The Morgan fingerprint density at radius 2 is 1.18 bits per heavy atom. The van der Waals surface area contributed by atoms with E-state index in [0.29, 0.717) is 27.9 Å². The number of nitrogens with zero attached hydrogens (tertiary/aromatic N) is 4. The minimum Gasteiger partial charge on any atom is -0.480 e. The molecule has 0 radical (unpaired) electrons. The van der Waals surface area contributed by atoms with Gasteiger partial charge in [0, 0.05) is 97.6 Å². The second kappa shape index (κ2) is 42.2. The number of hydrogen-bond donors (Lipinski definition) is 18. The third-order valence-electron chi connectivity index (χ3n) is 17.2. The molecule has 2 aromatic heterocycles. The van der Waals surface area contributed by atoms with Gasteiger partial charge in [-0.3, -0.25) is 91.4 Å². The molecule has 12 amide bonds. The van der Waals surface area contributed by atoms with Gasteiger partial charge in [0.25, 0.3) is 5.91 Å². The van der Waals surface area contributed by atoms with Crippen molar-refractivity contribution < 1.29 is 97.1 Å². The van der Waals surface area contributed by atoms with Gasteiger partial charge >= 0.3 is 23.9 Å². The summed E-state index contributed by atoms with van der Waals surface area (Å²) in [6.45, 7) is 3.40. The Bertz CT molecular complexity index is 3770. The first-order chi connectivity index (χ1) is 50.5. The number of aromatic nitrogens is 3. The Balaban J connectivity index is 1.24. The fourth-order valence-electron chi connectivity index (χ4n) is 11.8. The molecule has 1 fully saturated rings. The Morgan fingerprint density at radius 3 is 1.75 bits per heavy atom. The highest BCUT2D eigenvalue weighted by Crippen LogP contribution is 2.28. The summed E-state index contributed by atoms with van der Waals surface area (Å²) in [4.78, 5) is 224. The number of nitrogens with one attached hydrogen (secondary N) is 12. The SMILES string of the molecule is CSCC[C@H](NC(=O)[C@H](CC(C)C)NC(=O)[C@H](Cc1cnc[nH]1)NC(=O)CNC(=O)[C@@H](NC(=O)[C@H](C)NC(=O)[C@H](Cc1c[nH]c2ccccc12)NC(=O)[C@H](CCC(N)=O)NC(=O)c1ccc(NC(=O)CNC(=O)CCC2(N(CC(=O)O)CC(=O)O)CN(CC(=O)O)CCN(CC(=O)O)C2)cc1)C(C)C)C(N)=O. The molecule has 38 nitrogen and oxygen atoms in total. The van der Waals surface area contributed by atoms with Gasteiger partial charge in [-0.15, -0.1) is 0 Å². The molecule has 0 spiro atoms. The average molecular weight is 1520 g/mol. The van der Waals surface area contributed by atoms with E-state index < -0.39 is 201 Å². The van der Waals surface area contributed by atoms with Crippen LogP contribution in [-0.2, 0) is 84.8 Å². The van der Waals surface area contributed by atoms with Crippen molar-refractivity contribution in [1.82, 2.24) is 77.5 Å². The smallest absolute Gasteiger partial charge is 0.317 e. The van der Waals surface area contributed by atoms with Crippen LogP contribution in [0.25, 0.3) is 10.9 Å². The summed E-state index contributed by atoms with van der Waals surface area (Å²) in [7, 11) is 0. The van der Waals surface area contributed by atoms with E-state index in [4.69, 9.17) is 11.5 Å². The molecule has 0 saturated carbocycles. The van der Waals surface area contributed by atoms with Crippen LogP contribution in [0.2, 0.25) is 0 Å². The number of amides is 12. The number of primary amides is 2. The maximum absolute atomic E-state index is 14.5. The standard InChI is InChI=1S/C68H96N18O20S/c1-37(2)23-48(65(104)79-46(60(70)99)18-22-107-6)81-66(105)50(25-43-27-71-36-75-43)78-54(90)29-74-67(106)59(38(3)4)83-61(100)39(5)76-64(103)49(24-41-26-72-45-10-8-7-9-44(41)45)82-63(102)47(15-16-51(69)87)80-62(101)40-11-13-42(14-12-40)77-53(89)28-73-52(88)17-19-68(86(32-57(95)96)33-58(97)98)34-84(30-55(91)92)20-21-85(35-68)31-56(93)94/h7-14,26-27,36-39,46-50,59,72H,15-25,28-35H2,1-6H3,(H2,69,87)(H2,70,99)(H,71,75)(H,73,88)(H,74,106)(H,76,103)(H,77,89)(H,78,90)(H,79,104)(H,80,101)(H,81,105)(H,82,102)(H,83,100)(H,91,92)(H,93,94)(H,95,96)(H,97,98)/t39-,46-,47-,48-,49-,50-,59-/m0/s1. The third-order valence-corrected chi connectivity index (χ3v) is 17.8. The van der Waals surface area contributed by atoms with Crippen molar-refractivity contribution in [2.45, 2.75) is 134 Å². The van der Waals surface area contributed by atoms with Gasteiger partial charge < -0.3 is 95.0 Å². The number of imidazole rings is 1. The molecule has 7 atom stereocenters. The van der Waals surface area contributed by atoms with Crippen molar-refractivity contribution >= 4 is 123 Å². The predicted octanol–water partition coefficient (Wildman–Crippen LogP) is -3.44. The molecule has 0 bridgehead atoms. The number of rotatable bonds is 45. The molecule has 39 heteroatoms. The summed E-state index contributed by atoms with van der Waals surface area (Å²) in [6, 6.07) is 2.93. The van der Waals surface area contributed by atoms with Gasteiger partial charge in [0.2, 0.25) is 65.0 Å². The van der Waals surface area contributed by atoms with Crippen molar-refractivity contribution in [1.29, 1.82) is 0 Å². The highest BCUT2D eigenvalue weighted by Gasteiger charge is 2.45. The van der Waals surface area contributed by atoms with Crippen molar-refractivity contribution in [3.05, 3.63) is 84.1 Å². The Hall–Kier alpha value is -11.1. The van der Waals surface area contributed by atoms with Gasteiger partial charge in [0.05, 0.1) is 45.6 Å². The summed E-state index contributed by atoms with van der Waals surface area (Å²) in [5.74, 6) is -15.6. The first-order valence-corrected chi connectivity index (χ1v) is 35.7. The second-order valence-electron chi connectivity index (χ2n) is 26.6. The van der Waals surface area contributed by atoms with E-state index in [9.17, 15) is 97.1 Å². The number of aromatic amines is 2. The number of carbonyl (C=O) groups is 16. The van der Waals surface area contributed by atoms with Crippen LogP contribution in [0.15, 0.2) is 67.3 Å². The van der Waals surface area contributed by atoms with Crippen LogP contribution in [0.5, 0.6) is 0 Å². The van der Waals surface area contributed by atoms with Crippen molar-refractivity contribution in [2.75, 3.05) is 82.8 Å². The molecule has 4 aromatic rings. The molecule has 2 aromatic carbocycles. The van der Waals surface area contributed by atoms with Crippen molar-refractivity contribution in [3.63, 3.8) is 0 Å². The molecule has 0 aliphatic carbocycles. The lowest BCUT2D eigenvalue weighted by Gasteiger charge is -2.45. The number of nitrogens with two attached hydrogens (primary N) is 2. The third kappa shape index (κ3) is 29.1. The first kappa shape index (κ1) is 86.6. The Kier molecular flexibility index (Phi) is 34.1. The molecular formula is C68H96N18O20S. The summed E-state index contributed by atoms with van der Waals surface area (Å²) in [5.41, 5.74) is 11.1. The number of carboxylic acids is 4. The molecule has 5 rings (SSSR count). The average Bonchev–Trinajstić information content (AvgIpc) is 1.79. The maximum Gasteiger partial charge on any atom is 0.317 e. The van der Waals surface area contributed by atoms with Crippen molar-refractivity contribution in [3.8, 4) is 0 Å². The lowest BCUT2D eigenvalue weighted by molar-refractivity contribution is -0.148. The van der Waals surface area contributed by atoms with Crippen LogP contribution in [0.4, 0.5) is 5.69 Å². The van der Waals surface area contributed by atoms with Crippen LogP contribution < -0.4 is 64.6 Å². The zero-order chi connectivity index (χ0) is 79.2. The topological polar surface area (TPSA) is 581 Å². The number of fused-ring (bicyclic) bond motifs is 1. The fraction of sp³-hybridized carbons (Fsp3) is 0.515. The molecule has 20 N–H and O–H groups in total. The Labute approximate surface area is 619 Å². The molecule has 0 unspecified atom stereocenters. The lowest BCUT2D eigenvalue weighted by Crippen LogP contribution is -2.62. The first-order valence-electron chi connectivity index (χ1n) is 34.3. The summed E-state index contributed by atoms with van der Waals surface area (Å²) in [6.07, 6.45) is 4.70. The normalized spacial score (nSPS) is 15.0. The van der Waals surface area contributed by atoms with E-state index in [0.717, 1.165) is 4.90 Å². The molecule has 1 aliphatic rings. The number of carbonyl (C=O) groups excluding carboxylic acids is 12. The number of anilines is 1. The number of para-hydroxylation sites is 1. The van der Waals surface area contributed by atoms with Crippen LogP contribution in [-0.4, -0.2) is 270 Å². The number of carboxylic acid groups (broad SMARTS) is 4. The summed E-state index contributed by atoms with van der Waals surface area (Å²) < 4.78 is 0. The van der Waals surface area contributed by atoms with Gasteiger partial charge in [-0.2, -0.15) is 11.8 Å². The molecule has 1 aliphatic heterocycles. The molecule has 1 saturated heterocycles. The van der Waals surface area contributed by atoms with Crippen LogP contribution in [0.3, 0.4) is 0 Å². The second-order valence-corrected chi connectivity index (χ2v) is 27.6. The molecule has 584 valence electrons. The maximum atomic E-state index is 14.5. The largest absolute Gasteiger partial charge is 0.480 e.